The van der Waals surface area contributed by atoms with Gasteiger partial charge in [0.25, 0.3) is 5.24 Å². The second-order valence-electron chi connectivity index (χ2n) is 4.04. The van der Waals surface area contributed by atoms with Crippen molar-refractivity contribution in [3.05, 3.63) is 35.7 Å². The smallest absolute Gasteiger partial charge is 0.367 e. The first-order valence-electron chi connectivity index (χ1n) is 5.97. The molecule has 0 unspecified atom stereocenters. The van der Waals surface area contributed by atoms with Crippen LogP contribution in [0.2, 0.25) is 0 Å². The summed E-state index contributed by atoms with van der Waals surface area (Å²) in [4.78, 5) is 24.8. The summed E-state index contributed by atoms with van der Waals surface area (Å²) in [6.45, 7) is 1.74. The molecule has 0 saturated heterocycles. The van der Waals surface area contributed by atoms with Crippen LogP contribution in [0.1, 0.15) is 12.5 Å². The van der Waals surface area contributed by atoms with Crippen LogP contribution in [0.5, 0.6) is 0 Å². The van der Waals surface area contributed by atoms with Crippen LogP contribution >= 0.6 is 11.8 Å². The van der Waals surface area contributed by atoms with Gasteiger partial charge < -0.3 is 9.64 Å². The largest absolute Gasteiger partial charge is 0.461 e. The predicted molar refractivity (Wildman–Crippen MR) is 77.1 cm³/mol. The van der Waals surface area contributed by atoms with Gasteiger partial charge in [-0.3, -0.25) is 4.79 Å². The van der Waals surface area contributed by atoms with Crippen molar-refractivity contribution in [2.75, 3.05) is 20.7 Å². The van der Waals surface area contributed by atoms with E-state index in [9.17, 15) is 14.0 Å². The van der Waals surface area contributed by atoms with Gasteiger partial charge >= 0.3 is 5.97 Å². The fourth-order valence-corrected chi connectivity index (χ4v) is 1.89. The fourth-order valence-electron chi connectivity index (χ4n) is 1.23. The molecule has 0 aliphatic heterocycles. The number of nitrogens with zero attached hydrogens (tertiary/aromatic N) is 1. The van der Waals surface area contributed by atoms with Crippen LogP contribution in [0.25, 0.3) is 6.08 Å². The molecule has 1 amide bonds. The van der Waals surface area contributed by atoms with E-state index in [1.807, 2.05) is 0 Å². The summed E-state index contributed by atoms with van der Waals surface area (Å²) >= 11 is 1.07. The topological polar surface area (TPSA) is 46.6 Å². The van der Waals surface area contributed by atoms with E-state index in [0.29, 0.717) is 5.56 Å². The van der Waals surface area contributed by atoms with Gasteiger partial charge in [0.1, 0.15) is 0 Å². The summed E-state index contributed by atoms with van der Waals surface area (Å²) < 4.78 is 17.9. The van der Waals surface area contributed by atoms with Gasteiger partial charge in [-0.15, -0.1) is 0 Å². The molecule has 0 saturated carbocycles. The molecule has 20 heavy (non-hydrogen) atoms. The van der Waals surface area contributed by atoms with E-state index < -0.39 is 11.8 Å². The van der Waals surface area contributed by atoms with Gasteiger partial charge in [0, 0.05) is 19.0 Å². The first kappa shape index (κ1) is 16.2. The summed E-state index contributed by atoms with van der Waals surface area (Å²) in [5, 5.41) is -0.0917. The number of thioether (sulfide) groups is 1. The Bertz CT molecular complexity index is 512. The molecule has 0 fully saturated rings. The molecule has 0 aromatic heterocycles. The highest BCUT2D eigenvalue weighted by atomic mass is 32.2. The second kappa shape index (κ2) is 7.69. The zero-order valence-electron chi connectivity index (χ0n) is 11.6. The number of ether oxygens (including phenoxy) is 1. The quantitative estimate of drug-likeness (QED) is 0.486. The van der Waals surface area contributed by atoms with E-state index in [2.05, 4.69) is 4.74 Å². The zero-order chi connectivity index (χ0) is 15.1. The molecule has 0 atom stereocenters. The minimum atomic E-state index is -0.978. The number of carbonyl (C=O) groups excluding carboxylic acids is 2. The van der Waals surface area contributed by atoms with Crippen LogP contribution in [0.4, 0.5) is 9.18 Å². The Morgan fingerprint density at radius 1 is 1.30 bits per heavy atom. The molecule has 0 N–H and O–H groups in total. The fraction of sp³-hybridized carbons (Fsp3) is 0.286. The Morgan fingerprint density at radius 3 is 2.40 bits per heavy atom. The molecule has 108 valence electrons. The van der Waals surface area contributed by atoms with Crippen LogP contribution in [0.3, 0.4) is 0 Å². The Hall–Kier alpha value is -1.82. The number of carbonyl (C=O) groups is 2. The average molecular weight is 297 g/mol. The van der Waals surface area contributed by atoms with Crippen molar-refractivity contribution in [3.63, 3.8) is 0 Å². The lowest BCUT2D eigenvalue weighted by Crippen LogP contribution is -2.15. The van der Waals surface area contributed by atoms with E-state index in [4.69, 9.17) is 0 Å². The van der Waals surface area contributed by atoms with Crippen molar-refractivity contribution < 1.29 is 18.7 Å². The standard InChI is InChI=1S/C14H16FNO3S/c1-4-19-13(17)12(15)9-10-5-7-11(8-6-10)20-14(18)16(2)3/h5-9H,4H2,1-3H3. The zero-order valence-corrected chi connectivity index (χ0v) is 12.4. The number of amides is 1. The van der Waals surface area contributed by atoms with Crippen molar-refractivity contribution in [1.82, 2.24) is 4.90 Å². The molecule has 1 aromatic carbocycles. The highest BCUT2D eigenvalue weighted by Crippen LogP contribution is 2.21. The minimum Gasteiger partial charge on any atom is -0.461 e. The highest BCUT2D eigenvalue weighted by Gasteiger charge is 2.10. The summed E-state index contributed by atoms with van der Waals surface area (Å²) in [5.74, 6) is -1.93. The third-order valence-electron chi connectivity index (χ3n) is 2.21. The Morgan fingerprint density at radius 2 is 1.90 bits per heavy atom. The van der Waals surface area contributed by atoms with Crippen molar-refractivity contribution in [2.45, 2.75) is 11.8 Å². The first-order chi connectivity index (χ1) is 9.43. The maximum absolute atomic E-state index is 13.4. The number of rotatable bonds is 4. The first-order valence-corrected chi connectivity index (χ1v) is 6.79. The van der Waals surface area contributed by atoms with E-state index in [1.54, 1.807) is 45.3 Å². The number of benzene rings is 1. The molecule has 1 aromatic rings. The van der Waals surface area contributed by atoms with Crippen LogP contribution in [0, 0.1) is 0 Å². The number of esters is 1. The average Bonchev–Trinajstić information content (AvgIpc) is 2.41. The van der Waals surface area contributed by atoms with Crippen molar-refractivity contribution >= 4 is 29.0 Å². The van der Waals surface area contributed by atoms with Crippen LogP contribution < -0.4 is 0 Å². The molecule has 0 spiro atoms. The number of hydrogen-bond donors (Lipinski definition) is 0. The second-order valence-corrected chi connectivity index (χ2v) is 5.07. The van der Waals surface area contributed by atoms with E-state index in [1.165, 1.54) is 4.90 Å². The van der Waals surface area contributed by atoms with Gasteiger partial charge in [-0.25, -0.2) is 4.79 Å². The molecule has 1 rings (SSSR count). The number of halogens is 1. The van der Waals surface area contributed by atoms with Crippen molar-refractivity contribution in [1.29, 1.82) is 0 Å². The highest BCUT2D eigenvalue weighted by molar-refractivity contribution is 8.13. The van der Waals surface area contributed by atoms with Gasteiger partial charge in [-0.05, 0) is 42.5 Å². The molecule has 0 radical (unpaired) electrons. The monoisotopic (exact) mass is 297 g/mol. The minimum absolute atomic E-state index is 0.0917. The Labute approximate surface area is 121 Å². The molecule has 0 heterocycles. The molecular weight excluding hydrogens is 281 g/mol. The van der Waals surface area contributed by atoms with E-state index in [-0.39, 0.29) is 11.8 Å². The third-order valence-corrected chi connectivity index (χ3v) is 3.26. The Balaban J connectivity index is 2.74. The lowest BCUT2D eigenvalue weighted by molar-refractivity contribution is -0.140. The van der Waals surface area contributed by atoms with Gasteiger partial charge in [-0.1, -0.05) is 12.1 Å². The number of hydrogen-bond acceptors (Lipinski definition) is 4. The van der Waals surface area contributed by atoms with Gasteiger partial charge in [-0.2, -0.15) is 4.39 Å². The van der Waals surface area contributed by atoms with Crippen LogP contribution in [-0.4, -0.2) is 36.8 Å². The van der Waals surface area contributed by atoms with Crippen LogP contribution in [-0.2, 0) is 9.53 Å². The summed E-state index contributed by atoms with van der Waals surface area (Å²) in [6.07, 6.45) is 1.10. The SMILES string of the molecule is CCOC(=O)C(F)=Cc1ccc(SC(=O)N(C)C)cc1. The molecule has 0 bridgehead atoms. The van der Waals surface area contributed by atoms with E-state index >= 15 is 0 Å². The third kappa shape index (κ3) is 5.05. The van der Waals surface area contributed by atoms with Gasteiger partial charge in [0.05, 0.1) is 6.61 Å². The molecule has 0 aliphatic carbocycles. The molecule has 0 aliphatic rings. The Kier molecular flexibility index (Phi) is 6.24. The molecule has 6 heteroatoms. The van der Waals surface area contributed by atoms with Crippen molar-refractivity contribution in [3.8, 4) is 0 Å². The summed E-state index contributed by atoms with van der Waals surface area (Å²) in [7, 11) is 3.34. The molecular formula is C14H16FNO3S. The lowest BCUT2D eigenvalue weighted by atomic mass is 10.2. The predicted octanol–water partition coefficient (Wildman–Crippen LogP) is 3.33. The maximum atomic E-state index is 13.4. The maximum Gasteiger partial charge on any atom is 0.367 e. The lowest BCUT2D eigenvalue weighted by Gasteiger charge is -2.08. The van der Waals surface area contributed by atoms with E-state index in [0.717, 1.165) is 22.7 Å². The van der Waals surface area contributed by atoms with Gasteiger partial charge in [0.2, 0.25) is 5.83 Å². The summed E-state index contributed by atoms with van der Waals surface area (Å²) in [6, 6.07) is 6.64. The summed E-state index contributed by atoms with van der Waals surface area (Å²) in [5.41, 5.74) is 0.525. The van der Waals surface area contributed by atoms with Gasteiger partial charge in [0.15, 0.2) is 0 Å². The normalized spacial score (nSPS) is 11.1. The van der Waals surface area contributed by atoms with Crippen LogP contribution in [0.15, 0.2) is 35.0 Å². The molecule has 4 nitrogen and oxygen atoms in total. The van der Waals surface area contributed by atoms with Crippen molar-refractivity contribution in [2.24, 2.45) is 0 Å².